The van der Waals surface area contributed by atoms with Crippen LogP contribution >= 0.6 is 0 Å². The average Bonchev–Trinajstić information content (AvgIpc) is 2.71. The minimum Gasteiger partial charge on any atom is -0.387 e. The third kappa shape index (κ3) is 5.27. The van der Waals surface area contributed by atoms with E-state index in [0.29, 0.717) is 18.7 Å². The average molecular weight is 395 g/mol. The Kier molecular flexibility index (Phi) is 8.47. The number of ether oxygens (including phenoxy) is 1. The summed E-state index contributed by atoms with van der Waals surface area (Å²) in [6, 6.07) is 7.57. The van der Waals surface area contributed by atoms with Crippen LogP contribution in [0.3, 0.4) is 0 Å². The second kappa shape index (κ2) is 10.8. The van der Waals surface area contributed by atoms with E-state index in [4.69, 9.17) is 10.5 Å². The lowest BCUT2D eigenvalue weighted by atomic mass is 9.69. The fourth-order valence-electron chi connectivity index (χ4n) is 4.23. The van der Waals surface area contributed by atoms with Crippen LogP contribution in [-0.4, -0.2) is 19.1 Å². The molecule has 0 aliphatic heterocycles. The van der Waals surface area contributed by atoms with Gasteiger partial charge in [0, 0.05) is 18.7 Å². The van der Waals surface area contributed by atoms with Crippen LogP contribution in [0.2, 0.25) is 0 Å². The van der Waals surface area contributed by atoms with Crippen molar-refractivity contribution in [2.45, 2.75) is 45.6 Å². The minimum absolute atomic E-state index is 0.283. The first-order valence-corrected chi connectivity index (χ1v) is 10.4. The second-order valence-corrected chi connectivity index (χ2v) is 7.43. The molecule has 1 fully saturated rings. The number of carbonyl (C=O) groups excluding carboxylic acids is 1. The third-order valence-electron chi connectivity index (χ3n) is 5.50. The van der Waals surface area contributed by atoms with Crippen molar-refractivity contribution >= 4 is 5.91 Å². The first-order valence-electron chi connectivity index (χ1n) is 10.4. The van der Waals surface area contributed by atoms with E-state index < -0.39 is 11.5 Å². The van der Waals surface area contributed by atoms with Gasteiger partial charge in [0.2, 0.25) is 5.91 Å². The molecule has 2 rings (SSSR count). The van der Waals surface area contributed by atoms with Gasteiger partial charge in [-0.2, -0.15) is 0 Å². The molecule has 1 aromatic carbocycles. The Morgan fingerprint density at radius 3 is 2.90 bits per heavy atom. The summed E-state index contributed by atoms with van der Waals surface area (Å²) in [5.74, 6) is -0.137. The molecule has 0 bridgehead atoms. The Bertz CT molecular complexity index is 807. The lowest BCUT2D eigenvalue weighted by molar-refractivity contribution is -0.0686. The van der Waals surface area contributed by atoms with E-state index in [2.05, 4.69) is 31.1 Å². The molecule has 0 saturated heterocycles. The molecule has 0 radical (unpaired) electrons. The van der Waals surface area contributed by atoms with Crippen LogP contribution in [0.1, 0.15) is 56.0 Å². The fraction of sp³-hybridized carbons (Fsp3) is 0.400. The van der Waals surface area contributed by atoms with E-state index in [1.54, 1.807) is 12.1 Å². The lowest BCUT2D eigenvalue weighted by Crippen LogP contribution is -2.42. The standard InChI is InChI=1S/C25H34N2O2/c1-5-10-20(11-6-2)17-27-18-23-15-8-12-19(4)25(23,29-7-3)22-14-9-13-21(16-22)24(26)28/h5-6,9-11,13-14,16,18-19,27H,1,7-8,12,15,17H2,2-4H3,(H2,26,28)/b11-6-,20-10+,23-18+. The molecule has 156 valence electrons. The zero-order valence-electron chi connectivity index (χ0n) is 17.9. The number of primary amides is 1. The summed E-state index contributed by atoms with van der Waals surface area (Å²) in [4.78, 5) is 11.8. The quantitative estimate of drug-likeness (QED) is 0.579. The van der Waals surface area contributed by atoms with Crippen LogP contribution in [0.25, 0.3) is 0 Å². The number of hydrogen-bond acceptors (Lipinski definition) is 3. The van der Waals surface area contributed by atoms with Gasteiger partial charge in [0.15, 0.2) is 0 Å². The van der Waals surface area contributed by atoms with Crippen molar-refractivity contribution in [3.63, 3.8) is 0 Å². The molecule has 4 nitrogen and oxygen atoms in total. The number of nitrogens with two attached hydrogens (primary N) is 1. The van der Waals surface area contributed by atoms with Crippen molar-refractivity contribution in [1.29, 1.82) is 0 Å². The topological polar surface area (TPSA) is 64.3 Å². The zero-order valence-corrected chi connectivity index (χ0v) is 17.9. The molecule has 1 aliphatic rings. The molecule has 3 N–H and O–H groups in total. The van der Waals surface area contributed by atoms with Crippen molar-refractivity contribution < 1.29 is 9.53 Å². The van der Waals surface area contributed by atoms with Gasteiger partial charge in [-0.05, 0) is 74.1 Å². The highest BCUT2D eigenvalue weighted by molar-refractivity contribution is 5.93. The molecule has 2 unspecified atom stereocenters. The van der Waals surface area contributed by atoms with Gasteiger partial charge in [0.1, 0.15) is 5.60 Å². The highest BCUT2D eigenvalue weighted by Gasteiger charge is 2.44. The van der Waals surface area contributed by atoms with Gasteiger partial charge in [-0.15, -0.1) is 0 Å². The van der Waals surface area contributed by atoms with E-state index in [9.17, 15) is 4.79 Å². The molecule has 1 amide bonds. The number of carbonyl (C=O) groups is 1. The summed E-state index contributed by atoms with van der Waals surface area (Å²) < 4.78 is 6.46. The Hall–Kier alpha value is -2.59. The van der Waals surface area contributed by atoms with Crippen LogP contribution < -0.4 is 11.1 Å². The molecule has 4 heteroatoms. The number of hydrogen-bond donors (Lipinski definition) is 2. The van der Waals surface area contributed by atoms with Gasteiger partial charge in [0.25, 0.3) is 0 Å². The third-order valence-corrected chi connectivity index (χ3v) is 5.50. The Balaban J connectivity index is 2.45. The van der Waals surface area contributed by atoms with E-state index in [0.717, 1.165) is 30.4 Å². The second-order valence-electron chi connectivity index (χ2n) is 7.43. The molecule has 2 atom stereocenters. The van der Waals surface area contributed by atoms with E-state index in [-0.39, 0.29) is 5.92 Å². The summed E-state index contributed by atoms with van der Waals surface area (Å²) in [6.45, 7) is 11.3. The zero-order chi connectivity index (χ0) is 21.3. The molecule has 0 heterocycles. The van der Waals surface area contributed by atoms with Crippen LogP contribution in [0, 0.1) is 5.92 Å². The predicted octanol–water partition coefficient (Wildman–Crippen LogP) is 5.00. The maximum Gasteiger partial charge on any atom is 0.248 e. The van der Waals surface area contributed by atoms with Gasteiger partial charge in [-0.3, -0.25) is 4.79 Å². The van der Waals surface area contributed by atoms with Crippen LogP contribution in [0.5, 0.6) is 0 Å². The van der Waals surface area contributed by atoms with Crippen molar-refractivity contribution in [2.24, 2.45) is 11.7 Å². The van der Waals surface area contributed by atoms with Gasteiger partial charge in [-0.25, -0.2) is 0 Å². The highest BCUT2D eigenvalue weighted by atomic mass is 16.5. The molecule has 1 aliphatic carbocycles. The van der Waals surface area contributed by atoms with Crippen LogP contribution in [0.15, 0.2) is 72.5 Å². The number of benzene rings is 1. The van der Waals surface area contributed by atoms with Crippen molar-refractivity contribution in [3.05, 3.63) is 83.6 Å². The Labute approximate surface area is 175 Å². The maximum atomic E-state index is 11.8. The van der Waals surface area contributed by atoms with E-state index >= 15 is 0 Å². The molecular formula is C25H34N2O2. The SMILES string of the molecule is C=C/C=C(\C=C/C)CN/C=C1\CCCC(C)C1(OCC)c1cccc(C(N)=O)c1. The number of rotatable bonds is 9. The van der Waals surface area contributed by atoms with E-state index in [1.165, 1.54) is 5.57 Å². The summed E-state index contributed by atoms with van der Waals surface area (Å²) in [5.41, 5.74) is 8.84. The van der Waals surface area contributed by atoms with Crippen LogP contribution in [0.4, 0.5) is 0 Å². The van der Waals surface area contributed by atoms with Gasteiger partial charge < -0.3 is 15.8 Å². The summed E-state index contributed by atoms with van der Waals surface area (Å²) in [5, 5.41) is 3.46. The number of nitrogens with one attached hydrogen (secondary N) is 1. The van der Waals surface area contributed by atoms with Crippen molar-refractivity contribution in [1.82, 2.24) is 5.32 Å². The number of amides is 1. The Morgan fingerprint density at radius 2 is 2.24 bits per heavy atom. The summed E-state index contributed by atoms with van der Waals surface area (Å²) in [6.07, 6.45) is 13.1. The molecule has 0 aromatic heterocycles. The normalized spacial score (nSPS) is 24.0. The van der Waals surface area contributed by atoms with Gasteiger partial charge in [-0.1, -0.05) is 49.9 Å². The highest BCUT2D eigenvalue weighted by Crippen LogP contribution is 2.48. The van der Waals surface area contributed by atoms with Crippen molar-refractivity contribution in [2.75, 3.05) is 13.2 Å². The van der Waals surface area contributed by atoms with Crippen LogP contribution in [-0.2, 0) is 10.3 Å². The molecule has 1 aromatic rings. The summed E-state index contributed by atoms with van der Waals surface area (Å²) in [7, 11) is 0. The monoisotopic (exact) mass is 394 g/mol. The van der Waals surface area contributed by atoms with Gasteiger partial charge in [0.05, 0.1) is 0 Å². The molecule has 1 saturated carbocycles. The predicted molar refractivity (Wildman–Crippen MR) is 120 cm³/mol. The fourth-order valence-corrected chi connectivity index (χ4v) is 4.23. The largest absolute Gasteiger partial charge is 0.387 e. The lowest BCUT2D eigenvalue weighted by Gasteiger charge is -2.45. The Morgan fingerprint density at radius 1 is 1.45 bits per heavy atom. The molecule has 0 spiro atoms. The summed E-state index contributed by atoms with van der Waals surface area (Å²) >= 11 is 0. The van der Waals surface area contributed by atoms with Crippen molar-refractivity contribution in [3.8, 4) is 0 Å². The smallest absolute Gasteiger partial charge is 0.248 e. The first kappa shape index (κ1) is 22.7. The minimum atomic E-state index is -0.561. The first-order chi connectivity index (χ1) is 14.0. The van der Waals surface area contributed by atoms with Gasteiger partial charge >= 0.3 is 0 Å². The number of allylic oxidation sites excluding steroid dienone is 3. The van der Waals surface area contributed by atoms with E-state index in [1.807, 2.05) is 44.2 Å². The maximum absolute atomic E-state index is 11.8. The molecular weight excluding hydrogens is 360 g/mol. The molecule has 29 heavy (non-hydrogen) atoms.